The van der Waals surface area contributed by atoms with Crippen molar-refractivity contribution < 1.29 is 34.7 Å². The van der Waals surface area contributed by atoms with Crippen LogP contribution in [-0.4, -0.2) is 47.4 Å². The Morgan fingerprint density at radius 1 is 0.848 bits per heavy atom. The van der Waals surface area contributed by atoms with Crippen molar-refractivity contribution in [2.24, 2.45) is 5.92 Å². The van der Waals surface area contributed by atoms with Crippen molar-refractivity contribution >= 4 is 11.6 Å². The second-order valence-electron chi connectivity index (χ2n) is 11.5. The monoisotopic (exact) mass is 620 g/mol. The molecule has 46 heavy (non-hydrogen) atoms. The zero-order valence-electron chi connectivity index (χ0n) is 24.7. The highest BCUT2D eigenvalue weighted by Crippen LogP contribution is 2.46. The summed E-state index contributed by atoms with van der Waals surface area (Å²) in [6.45, 7) is 0.571. The predicted octanol–water partition coefficient (Wildman–Crippen LogP) is 5.16. The molecule has 0 unspecified atom stereocenters. The molecule has 0 radical (unpaired) electrons. The van der Waals surface area contributed by atoms with E-state index in [2.05, 4.69) is 10.3 Å². The summed E-state index contributed by atoms with van der Waals surface area (Å²) in [6, 6.07) is 26.7. The van der Waals surface area contributed by atoms with Gasteiger partial charge in [0.1, 0.15) is 29.0 Å². The van der Waals surface area contributed by atoms with E-state index in [-0.39, 0.29) is 53.9 Å². The highest BCUT2D eigenvalue weighted by Gasteiger charge is 2.48. The van der Waals surface area contributed by atoms with Crippen molar-refractivity contribution in [2.75, 3.05) is 4.90 Å². The van der Waals surface area contributed by atoms with Crippen LogP contribution in [0.25, 0.3) is 0 Å². The molecule has 2 aliphatic rings. The molecular weight excluding hydrogens is 588 g/mol. The molecule has 0 aliphatic carbocycles. The third-order valence-electron chi connectivity index (χ3n) is 8.59. The van der Waals surface area contributed by atoms with Gasteiger partial charge in [-0.1, -0.05) is 59.8 Å². The van der Waals surface area contributed by atoms with Gasteiger partial charge in [0.05, 0.1) is 24.8 Å². The summed E-state index contributed by atoms with van der Waals surface area (Å²) >= 11 is 0. The molecule has 4 N–H and O–H groups in total. The number of phenolic OH excluding ortho intramolecular Hbond substituents is 4. The number of carbonyl (C=O) groups excluding carboxylic acids is 1. The van der Waals surface area contributed by atoms with Gasteiger partial charge in [-0.05, 0) is 41.8 Å². The third kappa shape index (κ3) is 5.56. The van der Waals surface area contributed by atoms with E-state index in [0.29, 0.717) is 35.5 Å². The maximum absolute atomic E-state index is 13.4. The number of para-hydroxylation sites is 1. The Morgan fingerprint density at radius 2 is 1.61 bits per heavy atom. The number of nitrogens with zero attached hydrogens (tertiary/aromatic N) is 4. The van der Waals surface area contributed by atoms with E-state index >= 15 is 0 Å². The van der Waals surface area contributed by atoms with Gasteiger partial charge in [0.2, 0.25) is 5.91 Å². The number of aromatic hydroxyl groups is 4. The quantitative estimate of drug-likeness (QED) is 0.129. The summed E-state index contributed by atoms with van der Waals surface area (Å²) in [4.78, 5) is 15.2. The minimum Gasteiger partial charge on any atom is -0.508 e. The lowest BCUT2D eigenvalue weighted by Crippen LogP contribution is -2.55. The predicted molar refractivity (Wildman–Crippen MR) is 166 cm³/mol. The number of benzene rings is 4. The van der Waals surface area contributed by atoms with Crippen LogP contribution in [0.3, 0.4) is 0 Å². The van der Waals surface area contributed by atoms with Crippen molar-refractivity contribution in [1.29, 1.82) is 0 Å². The highest BCUT2D eigenvalue weighted by molar-refractivity contribution is 6.03. The van der Waals surface area contributed by atoms with Crippen molar-refractivity contribution in [2.45, 2.75) is 44.2 Å². The van der Waals surface area contributed by atoms with Gasteiger partial charge in [0, 0.05) is 36.3 Å². The van der Waals surface area contributed by atoms with E-state index in [1.807, 2.05) is 65.6 Å². The molecule has 2 aliphatic heterocycles. The Hall–Kier alpha value is -5.55. The van der Waals surface area contributed by atoms with Gasteiger partial charge in [-0.3, -0.25) is 9.48 Å². The van der Waals surface area contributed by atoms with E-state index in [1.165, 1.54) is 24.3 Å². The molecule has 11 nitrogen and oxygen atoms in total. The van der Waals surface area contributed by atoms with Crippen LogP contribution in [0.4, 0.5) is 5.69 Å². The molecule has 3 heterocycles. The fourth-order valence-corrected chi connectivity index (χ4v) is 6.31. The first kappa shape index (κ1) is 29.2. The molecular formula is C35H32N4O7. The van der Waals surface area contributed by atoms with Crippen LogP contribution in [0, 0.1) is 5.92 Å². The van der Waals surface area contributed by atoms with E-state index in [1.54, 1.807) is 16.9 Å². The van der Waals surface area contributed by atoms with E-state index in [0.717, 1.165) is 11.3 Å². The normalized spacial score (nSPS) is 20.5. The van der Waals surface area contributed by atoms with Gasteiger partial charge in [-0.25, -0.2) is 0 Å². The number of phenols is 4. The Morgan fingerprint density at radius 3 is 2.37 bits per heavy atom. The molecule has 234 valence electrons. The standard InChI is InChI=1S/C35H32N4O7/c40-25-16-29(42)27-18-32(34(46-31(27)17-25)22-11-12-28(41)30(43)15-22)45-20-23-19-38(37-36-23)14-13-26-33(21-7-3-1-4-8-21)39(35(26)44)24-9-5-2-6-10-24/h1-12,15-17,19,26,32-34,40-43H,13-14,18,20H2/t26-,32+,33+,34+/m0/s1. The molecule has 4 atom stereocenters. The molecule has 0 bridgehead atoms. The molecule has 0 saturated carbocycles. The first-order valence-corrected chi connectivity index (χ1v) is 15.0. The Balaban J connectivity index is 1.04. The lowest BCUT2D eigenvalue weighted by Gasteiger charge is -2.47. The van der Waals surface area contributed by atoms with Crippen molar-refractivity contribution in [1.82, 2.24) is 15.0 Å². The molecule has 7 rings (SSSR count). The van der Waals surface area contributed by atoms with Crippen LogP contribution in [-0.2, 0) is 29.1 Å². The largest absolute Gasteiger partial charge is 0.508 e. The number of anilines is 1. The Labute approximate surface area is 264 Å². The van der Waals surface area contributed by atoms with Crippen molar-refractivity contribution in [3.05, 3.63) is 120 Å². The average molecular weight is 621 g/mol. The molecule has 0 spiro atoms. The third-order valence-corrected chi connectivity index (χ3v) is 8.59. The minimum absolute atomic E-state index is 0.0733. The Bertz CT molecular complexity index is 1860. The van der Waals surface area contributed by atoms with Gasteiger partial charge >= 0.3 is 0 Å². The fraction of sp³-hybridized carbons (Fsp3) is 0.229. The molecule has 4 aromatic carbocycles. The van der Waals surface area contributed by atoms with Gasteiger partial charge in [0.25, 0.3) is 0 Å². The number of fused-ring (bicyclic) bond motifs is 1. The zero-order valence-corrected chi connectivity index (χ0v) is 24.7. The molecule has 5 aromatic rings. The number of rotatable bonds is 9. The number of ether oxygens (including phenoxy) is 2. The van der Waals surface area contributed by atoms with Crippen LogP contribution in [0.1, 0.15) is 41.0 Å². The summed E-state index contributed by atoms with van der Waals surface area (Å²) in [5.74, 6) is -0.678. The van der Waals surface area contributed by atoms with Gasteiger partial charge in [-0.15, -0.1) is 5.10 Å². The van der Waals surface area contributed by atoms with Crippen LogP contribution >= 0.6 is 0 Å². The van der Waals surface area contributed by atoms with Crippen LogP contribution in [0.15, 0.2) is 97.2 Å². The fourth-order valence-electron chi connectivity index (χ4n) is 6.31. The minimum atomic E-state index is -0.720. The maximum Gasteiger partial charge on any atom is 0.233 e. The van der Waals surface area contributed by atoms with Crippen LogP contribution in [0.2, 0.25) is 0 Å². The topological polar surface area (TPSA) is 150 Å². The number of β-lactam (4-membered cyclic amide) rings is 1. The smallest absolute Gasteiger partial charge is 0.233 e. The molecule has 1 saturated heterocycles. The van der Waals surface area contributed by atoms with Gasteiger partial charge in [0.15, 0.2) is 17.6 Å². The molecule has 11 heteroatoms. The van der Waals surface area contributed by atoms with E-state index in [9.17, 15) is 25.2 Å². The summed E-state index contributed by atoms with van der Waals surface area (Å²) < 4.78 is 14.1. The highest BCUT2D eigenvalue weighted by atomic mass is 16.5. The summed E-state index contributed by atoms with van der Waals surface area (Å²) in [5, 5.41) is 49.0. The SMILES string of the molecule is O=C1[C@@H](CCn2cc(CO[C@@H]3Cc4c(O)cc(O)cc4O[C@@H]3c3ccc(O)c(O)c3)nn2)[C@@H](c2ccccc2)N1c1ccccc1. The number of hydrogen-bond acceptors (Lipinski definition) is 9. The van der Waals surface area contributed by atoms with Gasteiger partial charge in [-0.2, -0.15) is 0 Å². The second-order valence-corrected chi connectivity index (χ2v) is 11.5. The van der Waals surface area contributed by atoms with Crippen molar-refractivity contribution in [3.63, 3.8) is 0 Å². The van der Waals surface area contributed by atoms with E-state index in [4.69, 9.17) is 9.47 Å². The number of hydrogen-bond donors (Lipinski definition) is 4. The van der Waals surface area contributed by atoms with E-state index < -0.39 is 12.2 Å². The number of carbonyl (C=O) groups is 1. The molecule has 1 fully saturated rings. The van der Waals surface area contributed by atoms with Crippen LogP contribution < -0.4 is 9.64 Å². The lowest BCUT2D eigenvalue weighted by molar-refractivity contribution is -0.130. The summed E-state index contributed by atoms with van der Waals surface area (Å²) in [5.41, 5.74) is 3.54. The Kier molecular flexibility index (Phi) is 7.67. The van der Waals surface area contributed by atoms with Crippen molar-refractivity contribution in [3.8, 4) is 28.7 Å². The maximum atomic E-state index is 13.4. The average Bonchev–Trinajstić information content (AvgIpc) is 3.52. The molecule has 1 amide bonds. The first-order chi connectivity index (χ1) is 22.4. The number of aryl methyl sites for hydroxylation is 1. The number of amides is 1. The zero-order chi connectivity index (χ0) is 31.8. The molecule has 1 aromatic heterocycles. The van der Waals surface area contributed by atoms with Gasteiger partial charge < -0.3 is 34.8 Å². The first-order valence-electron chi connectivity index (χ1n) is 15.0. The van der Waals surface area contributed by atoms with Crippen LogP contribution in [0.5, 0.6) is 28.7 Å². The lowest BCUT2D eigenvalue weighted by atomic mass is 9.79. The second kappa shape index (κ2) is 12.1. The summed E-state index contributed by atoms with van der Waals surface area (Å²) in [6.07, 6.45) is 1.29. The summed E-state index contributed by atoms with van der Waals surface area (Å²) in [7, 11) is 0. The number of aromatic nitrogens is 3.